The van der Waals surface area contributed by atoms with Crippen molar-refractivity contribution >= 4 is 11.6 Å². The smallest absolute Gasteiger partial charge is 0.241 e. The van der Waals surface area contributed by atoms with Gasteiger partial charge in [-0.2, -0.15) is 0 Å². The third-order valence-electron chi connectivity index (χ3n) is 4.72. The molecular weight excluding hydrogens is 326 g/mol. The van der Waals surface area contributed by atoms with Gasteiger partial charge in [0.2, 0.25) is 5.91 Å². The zero-order chi connectivity index (χ0) is 18.2. The van der Waals surface area contributed by atoms with Crippen molar-refractivity contribution in [1.29, 1.82) is 0 Å². The number of carbonyl (C=O) groups is 1. The predicted octanol–water partition coefficient (Wildman–Crippen LogP) is 2.84. The van der Waals surface area contributed by atoms with E-state index in [9.17, 15) is 4.79 Å². The molecule has 1 heterocycles. The Hall–Kier alpha value is -2.53. The molecule has 1 aliphatic heterocycles. The number of carbonyl (C=O) groups excluding carboxylic acids is 1. The monoisotopic (exact) mass is 353 g/mol. The zero-order valence-electron chi connectivity index (χ0n) is 15.4. The highest BCUT2D eigenvalue weighted by atomic mass is 16.5. The number of anilines is 1. The number of ether oxygens (including phenoxy) is 1. The molecule has 0 bridgehead atoms. The first-order valence-electron chi connectivity index (χ1n) is 9.25. The fraction of sp³-hybridized carbons (Fsp3) is 0.381. The largest absolute Gasteiger partial charge is 0.489 e. The summed E-state index contributed by atoms with van der Waals surface area (Å²) in [6, 6.07) is 17.8. The number of nitrogens with one attached hydrogen (secondary N) is 1. The van der Waals surface area contributed by atoms with Gasteiger partial charge in [-0.3, -0.25) is 4.79 Å². The fourth-order valence-corrected chi connectivity index (χ4v) is 3.01. The molecule has 3 rings (SSSR count). The van der Waals surface area contributed by atoms with Crippen molar-refractivity contribution in [3.63, 3.8) is 0 Å². The lowest BCUT2D eigenvalue weighted by molar-refractivity contribution is -0.131. The molecule has 5 heteroatoms. The molecule has 1 amide bonds. The van der Waals surface area contributed by atoms with Crippen LogP contribution in [0.2, 0.25) is 0 Å². The minimum atomic E-state index is 0.158. The summed E-state index contributed by atoms with van der Waals surface area (Å²) in [7, 11) is 0. The molecule has 26 heavy (non-hydrogen) atoms. The Morgan fingerprint density at radius 1 is 1.00 bits per heavy atom. The quantitative estimate of drug-likeness (QED) is 0.831. The van der Waals surface area contributed by atoms with E-state index in [2.05, 4.69) is 17.1 Å². The summed E-state index contributed by atoms with van der Waals surface area (Å²) < 4.78 is 5.78. The number of rotatable bonds is 7. The summed E-state index contributed by atoms with van der Waals surface area (Å²) in [6.45, 7) is 7.67. The van der Waals surface area contributed by atoms with Crippen LogP contribution < -0.4 is 10.1 Å². The van der Waals surface area contributed by atoms with Crippen LogP contribution in [-0.4, -0.2) is 55.0 Å². The van der Waals surface area contributed by atoms with E-state index in [4.69, 9.17) is 4.74 Å². The van der Waals surface area contributed by atoms with Gasteiger partial charge in [-0.15, -0.1) is 0 Å². The van der Waals surface area contributed by atoms with E-state index in [0.717, 1.165) is 49.7 Å². The maximum Gasteiger partial charge on any atom is 0.241 e. The second-order valence-electron chi connectivity index (χ2n) is 6.47. The van der Waals surface area contributed by atoms with Crippen LogP contribution in [0.15, 0.2) is 54.6 Å². The summed E-state index contributed by atoms with van der Waals surface area (Å²) >= 11 is 0. The highest BCUT2D eigenvalue weighted by Crippen LogP contribution is 2.17. The average molecular weight is 353 g/mol. The number of amides is 1. The van der Waals surface area contributed by atoms with Crippen LogP contribution >= 0.6 is 0 Å². The Labute approximate surface area is 155 Å². The fourth-order valence-electron chi connectivity index (χ4n) is 3.01. The Morgan fingerprint density at radius 3 is 2.35 bits per heavy atom. The summed E-state index contributed by atoms with van der Waals surface area (Å²) in [4.78, 5) is 16.6. The van der Waals surface area contributed by atoms with Crippen LogP contribution in [0.3, 0.4) is 0 Å². The van der Waals surface area contributed by atoms with Gasteiger partial charge in [0.25, 0.3) is 0 Å². The molecule has 1 saturated heterocycles. The van der Waals surface area contributed by atoms with Crippen molar-refractivity contribution < 1.29 is 9.53 Å². The van der Waals surface area contributed by atoms with E-state index in [1.807, 2.05) is 59.5 Å². The highest BCUT2D eigenvalue weighted by molar-refractivity contribution is 5.81. The molecule has 0 atom stereocenters. The van der Waals surface area contributed by atoms with Gasteiger partial charge in [-0.1, -0.05) is 37.3 Å². The minimum absolute atomic E-state index is 0.158. The summed E-state index contributed by atoms with van der Waals surface area (Å²) in [5.74, 6) is 0.978. The molecule has 0 aromatic heterocycles. The second-order valence-corrected chi connectivity index (χ2v) is 6.47. The van der Waals surface area contributed by atoms with Crippen molar-refractivity contribution in [2.45, 2.75) is 13.5 Å². The summed E-state index contributed by atoms with van der Waals surface area (Å²) in [5.41, 5.74) is 2.07. The van der Waals surface area contributed by atoms with Crippen LogP contribution in [0.4, 0.5) is 5.69 Å². The normalized spacial score (nSPS) is 14.9. The van der Waals surface area contributed by atoms with Crippen LogP contribution in [-0.2, 0) is 11.4 Å². The topological polar surface area (TPSA) is 44.8 Å². The Morgan fingerprint density at radius 2 is 1.69 bits per heavy atom. The molecule has 2 aromatic rings. The maximum absolute atomic E-state index is 12.3. The van der Waals surface area contributed by atoms with Gasteiger partial charge in [-0.05, 0) is 36.4 Å². The molecule has 0 spiro atoms. The summed E-state index contributed by atoms with van der Waals surface area (Å²) in [5, 5.41) is 3.21. The molecule has 0 aliphatic carbocycles. The SMILES string of the molecule is CCN1CCN(C(=O)CNc2ccc(OCc3ccccc3)cc2)CC1. The third-order valence-corrected chi connectivity index (χ3v) is 4.72. The first kappa shape index (κ1) is 18.3. The van der Waals surface area contributed by atoms with Crippen molar-refractivity contribution in [3.05, 3.63) is 60.2 Å². The van der Waals surface area contributed by atoms with E-state index in [-0.39, 0.29) is 5.91 Å². The van der Waals surface area contributed by atoms with Gasteiger partial charge in [-0.25, -0.2) is 0 Å². The Kier molecular flexibility index (Phi) is 6.50. The van der Waals surface area contributed by atoms with Crippen LogP contribution in [0.25, 0.3) is 0 Å². The first-order valence-corrected chi connectivity index (χ1v) is 9.25. The van der Waals surface area contributed by atoms with E-state index in [1.165, 1.54) is 0 Å². The minimum Gasteiger partial charge on any atom is -0.489 e. The average Bonchev–Trinajstić information content (AvgIpc) is 2.72. The predicted molar refractivity (Wildman–Crippen MR) is 104 cm³/mol. The summed E-state index contributed by atoms with van der Waals surface area (Å²) in [6.07, 6.45) is 0. The third kappa shape index (κ3) is 5.23. The molecule has 0 radical (unpaired) electrons. The highest BCUT2D eigenvalue weighted by Gasteiger charge is 2.19. The number of likely N-dealkylation sites (N-methyl/N-ethyl adjacent to an activating group) is 1. The van der Waals surface area contributed by atoms with E-state index >= 15 is 0 Å². The van der Waals surface area contributed by atoms with E-state index in [0.29, 0.717) is 13.2 Å². The molecule has 5 nitrogen and oxygen atoms in total. The maximum atomic E-state index is 12.3. The van der Waals surface area contributed by atoms with Gasteiger partial charge >= 0.3 is 0 Å². The molecule has 0 unspecified atom stereocenters. The molecule has 1 fully saturated rings. The number of piperazine rings is 1. The molecule has 1 N–H and O–H groups in total. The zero-order valence-corrected chi connectivity index (χ0v) is 15.4. The van der Waals surface area contributed by atoms with Gasteiger partial charge in [0.1, 0.15) is 12.4 Å². The van der Waals surface area contributed by atoms with Crippen molar-refractivity contribution in [2.24, 2.45) is 0 Å². The number of hydrogen-bond donors (Lipinski definition) is 1. The lowest BCUT2D eigenvalue weighted by Gasteiger charge is -2.34. The van der Waals surface area contributed by atoms with E-state index < -0.39 is 0 Å². The Bertz CT molecular complexity index is 680. The second kappa shape index (κ2) is 9.25. The van der Waals surface area contributed by atoms with Crippen molar-refractivity contribution in [1.82, 2.24) is 9.80 Å². The van der Waals surface area contributed by atoms with Gasteiger partial charge in [0, 0.05) is 31.9 Å². The molecule has 2 aromatic carbocycles. The van der Waals surface area contributed by atoms with Gasteiger partial charge in [0.15, 0.2) is 0 Å². The van der Waals surface area contributed by atoms with Crippen LogP contribution in [0.5, 0.6) is 5.75 Å². The van der Waals surface area contributed by atoms with Gasteiger partial charge < -0.3 is 19.9 Å². The van der Waals surface area contributed by atoms with Crippen molar-refractivity contribution in [3.8, 4) is 5.75 Å². The van der Waals surface area contributed by atoms with Crippen LogP contribution in [0.1, 0.15) is 12.5 Å². The molecule has 0 saturated carbocycles. The standard InChI is InChI=1S/C21H27N3O2/c1-2-23-12-14-24(15-13-23)21(25)16-22-19-8-10-20(11-9-19)26-17-18-6-4-3-5-7-18/h3-11,22H,2,12-17H2,1H3. The van der Waals surface area contributed by atoms with Crippen LogP contribution in [0, 0.1) is 0 Å². The lowest BCUT2D eigenvalue weighted by Crippen LogP contribution is -2.49. The van der Waals surface area contributed by atoms with Crippen molar-refractivity contribution in [2.75, 3.05) is 44.6 Å². The first-order chi connectivity index (χ1) is 12.7. The molecule has 1 aliphatic rings. The molecular formula is C21H27N3O2. The van der Waals surface area contributed by atoms with E-state index in [1.54, 1.807) is 0 Å². The lowest BCUT2D eigenvalue weighted by atomic mass is 10.2. The van der Waals surface area contributed by atoms with Gasteiger partial charge in [0.05, 0.1) is 6.54 Å². The number of nitrogens with zero attached hydrogens (tertiary/aromatic N) is 2. The number of hydrogen-bond acceptors (Lipinski definition) is 4. The Balaban J connectivity index is 1.42. The number of benzene rings is 2. The molecule has 138 valence electrons.